The summed E-state index contributed by atoms with van der Waals surface area (Å²) in [7, 11) is 0. The van der Waals surface area contributed by atoms with Gasteiger partial charge in [0.1, 0.15) is 6.61 Å². The van der Waals surface area contributed by atoms with E-state index in [4.69, 9.17) is 4.74 Å². The molecular weight excluding hydrogens is 114 g/mol. The highest BCUT2D eigenvalue weighted by molar-refractivity contribution is 5.77. The number of rotatable bonds is 2. The van der Waals surface area contributed by atoms with Crippen LogP contribution < -0.4 is 0 Å². The molecule has 0 saturated heterocycles. The van der Waals surface area contributed by atoms with Crippen LogP contribution in [0.5, 0.6) is 0 Å². The Balaban J connectivity index is 2.26. The monoisotopic (exact) mass is 127 g/mol. The van der Waals surface area contributed by atoms with Crippen LogP contribution in [0.25, 0.3) is 0 Å². The molecule has 0 saturated carbocycles. The zero-order chi connectivity index (χ0) is 6.69. The van der Waals surface area contributed by atoms with Crippen LogP contribution in [-0.2, 0) is 4.74 Å². The summed E-state index contributed by atoms with van der Waals surface area (Å²) in [5.41, 5.74) is 0. The van der Waals surface area contributed by atoms with Crippen molar-refractivity contribution in [1.29, 1.82) is 0 Å². The minimum Gasteiger partial charge on any atom is -0.479 e. The molecule has 0 atom stereocenters. The fourth-order valence-corrected chi connectivity index (χ4v) is 0.852. The molecule has 1 aliphatic rings. The van der Waals surface area contributed by atoms with Gasteiger partial charge in [-0.2, -0.15) is 0 Å². The van der Waals surface area contributed by atoms with Crippen LogP contribution in [0.2, 0.25) is 0 Å². The molecule has 1 rings (SSSR count). The van der Waals surface area contributed by atoms with Gasteiger partial charge < -0.3 is 4.74 Å². The molecule has 1 heterocycles. The topological polar surface area (TPSA) is 21.6 Å². The largest absolute Gasteiger partial charge is 0.479 e. The second kappa shape index (κ2) is 2.85. The summed E-state index contributed by atoms with van der Waals surface area (Å²) < 4.78 is 5.21. The predicted octanol–water partition coefficient (Wildman–Crippen LogP) is 1.46. The Kier molecular flexibility index (Phi) is 2.09. The first-order valence-corrected chi connectivity index (χ1v) is 3.45. The fourth-order valence-electron chi connectivity index (χ4n) is 0.852. The highest BCUT2D eigenvalue weighted by Gasteiger charge is 2.07. The first-order chi connectivity index (χ1) is 4.29. The van der Waals surface area contributed by atoms with E-state index in [1.807, 2.05) is 0 Å². The van der Waals surface area contributed by atoms with Gasteiger partial charge in [-0.1, -0.05) is 13.8 Å². The molecule has 1 aliphatic heterocycles. The SMILES string of the molecule is CC(C)CC1=NCCO1. The number of nitrogens with zero attached hydrogens (tertiary/aromatic N) is 1. The molecule has 0 aromatic rings. The number of ether oxygens (including phenoxy) is 1. The van der Waals surface area contributed by atoms with Gasteiger partial charge in [0.15, 0.2) is 5.90 Å². The summed E-state index contributed by atoms with van der Waals surface area (Å²) in [4.78, 5) is 4.17. The molecule has 0 aromatic heterocycles. The van der Waals surface area contributed by atoms with Gasteiger partial charge in [-0.05, 0) is 5.92 Å². The standard InChI is InChI=1S/C7H13NO/c1-6(2)5-7-8-3-4-9-7/h6H,3-5H2,1-2H3. The zero-order valence-electron chi connectivity index (χ0n) is 6.05. The van der Waals surface area contributed by atoms with Gasteiger partial charge in [0.2, 0.25) is 0 Å². The maximum Gasteiger partial charge on any atom is 0.183 e. The molecule has 9 heavy (non-hydrogen) atoms. The molecule has 2 nitrogen and oxygen atoms in total. The lowest BCUT2D eigenvalue weighted by atomic mass is 10.1. The van der Waals surface area contributed by atoms with Crippen LogP contribution in [-0.4, -0.2) is 19.0 Å². The quantitative estimate of drug-likeness (QED) is 0.550. The van der Waals surface area contributed by atoms with Crippen molar-refractivity contribution in [3.05, 3.63) is 0 Å². The summed E-state index contributed by atoms with van der Waals surface area (Å²) >= 11 is 0. The normalized spacial score (nSPS) is 17.9. The van der Waals surface area contributed by atoms with Crippen molar-refractivity contribution in [1.82, 2.24) is 0 Å². The van der Waals surface area contributed by atoms with Crippen LogP contribution in [0.3, 0.4) is 0 Å². The number of hydrogen-bond donors (Lipinski definition) is 0. The average molecular weight is 127 g/mol. The summed E-state index contributed by atoms with van der Waals surface area (Å²) in [6.45, 7) is 6.00. The highest BCUT2D eigenvalue weighted by atomic mass is 16.5. The Morgan fingerprint density at radius 1 is 1.67 bits per heavy atom. The molecule has 0 bridgehead atoms. The lowest BCUT2D eigenvalue weighted by molar-refractivity contribution is 0.332. The third kappa shape index (κ3) is 2.04. The van der Waals surface area contributed by atoms with Crippen molar-refractivity contribution < 1.29 is 4.74 Å². The third-order valence-corrected chi connectivity index (χ3v) is 1.23. The Morgan fingerprint density at radius 3 is 2.89 bits per heavy atom. The number of aliphatic imine (C=N–C) groups is 1. The Bertz CT molecular complexity index is 118. The first-order valence-electron chi connectivity index (χ1n) is 3.45. The van der Waals surface area contributed by atoms with Crippen molar-refractivity contribution in [2.24, 2.45) is 10.9 Å². The van der Waals surface area contributed by atoms with E-state index in [1.165, 1.54) is 0 Å². The van der Waals surface area contributed by atoms with Crippen LogP contribution >= 0.6 is 0 Å². The van der Waals surface area contributed by atoms with E-state index in [0.29, 0.717) is 5.92 Å². The molecule has 0 radical (unpaired) electrons. The Hall–Kier alpha value is -0.530. The molecule has 0 aromatic carbocycles. The highest BCUT2D eigenvalue weighted by Crippen LogP contribution is 2.05. The Labute approximate surface area is 55.9 Å². The molecule has 52 valence electrons. The van der Waals surface area contributed by atoms with Gasteiger partial charge in [-0.3, -0.25) is 4.99 Å². The molecule has 0 spiro atoms. The van der Waals surface area contributed by atoms with E-state index in [9.17, 15) is 0 Å². The molecule has 0 aliphatic carbocycles. The number of hydrogen-bond acceptors (Lipinski definition) is 2. The zero-order valence-corrected chi connectivity index (χ0v) is 6.05. The molecule has 2 heteroatoms. The van der Waals surface area contributed by atoms with E-state index in [2.05, 4.69) is 18.8 Å². The van der Waals surface area contributed by atoms with E-state index >= 15 is 0 Å². The average Bonchev–Trinajstić information content (AvgIpc) is 2.15. The van der Waals surface area contributed by atoms with Gasteiger partial charge in [0.25, 0.3) is 0 Å². The summed E-state index contributed by atoms with van der Waals surface area (Å²) in [6, 6.07) is 0. The van der Waals surface area contributed by atoms with Crippen molar-refractivity contribution in [3.63, 3.8) is 0 Å². The van der Waals surface area contributed by atoms with Crippen LogP contribution in [0.4, 0.5) is 0 Å². The van der Waals surface area contributed by atoms with Gasteiger partial charge in [0, 0.05) is 6.42 Å². The second-order valence-corrected chi connectivity index (χ2v) is 2.72. The van der Waals surface area contributed by atoms with Gasteiger partial charge in [-0.25, -0.2) is 0 Å². The van der Waals surface area contributed by atoms with Crippen molar-refractivity contribution in [2.75, 3.05) is 13.2 Å². The van der Waals surface area contributed by atoms with E-state index in [-0.39, 0.29) is 0 Å². The van der Waals surface area contributed by atoms with Crippen LogP contribution in [0.15, 0.2) is 4.99 Å². The summed E-state index contributed by atoms with van der Waals surface area (Å²) in [5.74, 6) is 1.62. The maximum atomic E-state index is 5.21. The molecule has 0 unspecified atom stereocenters. The van der Waals surface area contributed by atoms with E-state index in [0.717, 1.165) is 25.5 Å². The minimum absolute atomic E-state index is 0.668. The third-order valence-electron chi connectivity index (χ3n) is 1.23. The van der Waals surface area contributed by atoms with E-state index in [1.54, 1.807) is 0 Å². The maximum absolute atomic E-state index is 5.21. The fraction of sp³-hybridized carbons (Fsp3) is 0.857. The molecular formula is C7H13NO. The van der Waals surface area contributed by atoms with Crippen LogP contribution in [0, 0.1) is 5.92 Å². The lowest BCUT2D eigenvalue weighted by Gasteiger charge is -2.02. The Morgan fingerprint density at radius 2 is 2.44 bits per heavy atom. The lowest BCUT2D eigenvalue weighted by Crippen LogP contribution is -2.02. The summed E-state index contributed by atoms with van der Waals surface area (Å²) in [5, 5.41) is 0. The first kappa shape index (κ1) is 6.59. The second-order valence-electron chi connectivity index (χ2n) is 2.72. The van der Waals surface area contributed by atoms with E-state index < -0.39 is 0 Å². The van der Waals surface area contributed by atoms with Crippen molar-refractivity contribution >= 4 is 5.90 Å². The summed E-state index contributed by atoms with van der Waals surface area (Å²) in [6.07, 6.45) is 1.00. The minimum atomic E-state index is 0.668. The van der Waals surface area contributed by atoms with Gasteiger partial charge in [-0.15, -0.1) is 0 Å². The predicted molar refractivity (Wildman–Crippen MR) is 37.7 cm³/mol. The smallest absolute Gasteiger partial charge is 0.183 e. The molecule has 0 N–H and O–H groups in total. The van der Waals surface area contributed by atoms with Crippen LogP contribution in [0.1, 0.15) is 20.3 Å². The van der Waals surface area contributed by atoms with Crippen molar-refractivity contribution in [3.8, 4) is 0 Å². The van der Waals surface area contributed by atoms with Gasteiger partial charge >= 0.3 is 0 Å². The molecule has 0 fully saturated rings. The van der Waals surface area contributed by atoms with Gasteiger partial charge in [0.05, 0.1) is 6.54 Å². The van der Waals surface area contributed by atoms with Crippen molar-refractivity contribution in [2.45, 2.75) is 20.3 Å². The molecule has 0 amide bonds.